The van der Waals surface area contributed by atoms with Gasteiger partial charge in [-0.3, -0.25) is 4.79 Å². The molecule has 0 radical (unpaired) electrons. The van der Waals surface area contributed by atoms with E-state index in [0.717, 1.165) is 12.8 Å². The molecule has 1 heterocycles. The molecular weight excluding hydrogens is 404 g/mol. The maximum Gasteiger partial charge on any atom is 0.373 e. The molecule has 5 nitrogen and oxygen atoms in total. The summed E-state index contributed by atoms with van der Waals surface area (Å²) >= 11 is 0. The maximum absolute atomic E-state index is 11.7. The minimum Gasteiger partial charge on any atom is -0.398 e. The fourth-order valence-electron chi connectivity index (χ4n) is 4.23. The van der Waals surface area contributed by atoms with Crippen molar-refractivity contribution in [3.63, 3.8) is 0 Å². The summed E-state index contributed by atoms with van der Waals surface area (Å²) in [7, 11) is 0. The van der Waals surface area contributed by atoms with Crippen LogP contribution in [0.25, 0.3) is 0 Å². The summed E-state index contributed by atoms with van der Waals surface area (Å²) in [6, 6.07) is 0. The largest absolute Gasteiger partial charge is 0.398 e. The van der Waals surface area contributed by atoms with Crippen molar-refractivity contribution in [2.45, 2.75) is 148 Å². The fraction of sp³-hybridized carbons (Fsp3) is 0.852. The standard InChI is InChI=1S/C27H48O5/c1-3-4-5-6-7-8-9-10-11-12-13-14-15-16-17-18-19-20-21-22-27(30)31-25(28)23-24(2)26(29)32-27/h30H,2-23H2,1H3. The number of cyclic esters (lactones) is 2. The normalized spacial score (nSPS) is 19.0. The monoisotopic (exact) mass is 452 g/mol. The van der Waals surface area contributed by atoms with Crippen molar-refractivity contribution < 1.29 is 24.2 Å². The maximum atomic E-state index is 11.7. The molecule has 1 unspecified atom stereocenters. The number of hydrogen-bond acceptors (Lipinski definition) is 5. The van der Waals surface area contributed by atoms with Gasteiger partial charge < -0.3 is 14.6 Å². The Labute approximate surface area is 196 Å². The van der Waals surface area contributed by atoms with Gasteiger partial charge in [0, 0.05) is 5.57 Å². The Morgan fingerprint density at radius 1 is 0.688 bits per heavy atom. The van der Waals surface area contributed by atoms with Gasteiger partial charge in [0.05, 0.1) is 12.8 Å². The number of hydrogen-bond donors (Lipinski definition) is 1. The van der Waals surface area contributed by atoms with Gasteiger partial charge in [0.2, 0.25) is 0 Å². The van der Waals surface area contributed by atoms with Crippen LogP contribution < -0.4 is 0 Å². The molecule has 186 valence electrons. The van der Waals surface area contributed by atoms with E-state index in [1.165, 1.54) is 103 Å². The van der Waals surface area contributed by atoms with Gasteiger partial charge in [-0.25, -0.2) is 4.79 Å². The first-order valence-corrected chi connectivity index (χ1v) is 13.3. The second kappa shape index (κ2) is 18.1. The first-order chi connectivity index (χ1) is 15.5. The Bertz CT molecular complexity index is 530. The zero-order valence-electron chi connectivity index (χ0n) is 20.6. The topological polar surface area (TPSA) is 72.8 Å². The average molecular weight is 453 g/mol. The minimum atomic E-state index is -2.14. The second-order valence-electron chi connectivity index (χ2n) is 9.47. The molecule has 0 amide bonds. The van der Waals surface area contributed by atoms with E-state index in [9.17, 15) is 14.7 Å². The number of carbonyl (C=O) groups excluding carboxylic acids is 2. The molecule has 1 aliphatic rings. The van der Waals surface area contributed by atoms with Gasteiger partial charge in [0.15, 0.2) is 0 Å². The quantitative estimate of drug-likeness (QED) is 0.118. The van der Waals surface area contributed by atoms with Gasteiger partial charge in [0.1, 0.15) is 0 Å². The molecule has 1 rings (SSSR count). The number of aliphatic hydroxyl groups is 1. The van der Waals surface area contributed by atoms with Crippen molar-refractivity contribution >= 4 is 11.9 Å². The lowest BCUT2D eigenvalue weighted by atomic mass is 10.0. The molecule has 5 heteroatoms. The van der Waals surface area contributed by atoms with Crippen LogP contribution in [-0.2, 0) is 19.1 Å². The Hall–Kier alpha value is -1.36. The highest BCUT2D eigenvalue weighted by Gasteiger charge is 2.39. The summed E-state index contributed by atoms with van der Waals surface area (Å²) < 4.78 is 9.78. The highest BCUT2D eigenvalue weighted by molar-refractivity contribution is 5.94. The van der Waals surface area contributed by atoms with Crippen LogP contribution in [0.5, 0.6) is 0 Å². The number of ether oxygens (including phenoxy) is 2. The van der Waals surface area contributed by atoms with E-state index >= 15 is 0 Å². The van der Waals surface area contributed by atoms with E-state index in [-0.39, 0.29) is 18.4 Å². The van der Waals surface area contributed by atoms with Crippen LogP contribution in [0.15, 0.2) is 12.2 Å². The summed E-state index contributed by atoms with van der Waals surface area (Å²) in [5.74, 6) is -3.58. The van der Waals surface area contributed by atoms with Crippen LogP contribution in [0.3, 0.4) is 0 Å². The molecule has 0 aromatic carbocycles. The van der Waals surface area contributed by atoms with E-state index in [1.807, 2.05) is 0 Å². The Kier molecular flexibility index (Phi) is 16.2. The molecule has 1 aliphatic heterocycles. The third-order valence-electron chi connectivity index (χ3n) is 6.27. The first-order valence-electron chi connectivity index (χ1n) is 13.3. The van der Waals surface area contributed by atoms with Crippen LogP contribution in [-0.4, -0.2) is 23.0 Å². The van der Waals surface area contributed by atoms with Crippen molar-refractivity contribution in [2.24, 2.45) is 0 Å². The predicted octanol–water partition coefficient (Wildman–Crippen LogP) is 7.50. The van der Waals surface area contributed by atoms with Crippen LogP contribution in [0.1, 0.15) is 142 Å². The molecule has 0 bridgehead atoms. The van der Waals surface area contributed by atoms with Gasteiger partial charge in [-0.1, -0.05) is 129 Å². The van der Waals surface area contributed by atoms with Gasteiger partial charge >= 0.3 is 17.9 Å². The van der Waals surface area contributed by atoms with Gasteiger partial charge in [-0.15, -0.1) is 0 Å². The highest BCUT2D eigenvalue weighted by atomic mass is 16.8. The molecule has 0 aromatic rings. The molecular formula is C27H48O5. The molecule has 1 fully saturated rings. The second-order valence-corrected chi connectivity index (χ2v) is 9.47. The summed E-state index contributed by atoms with van der Waals surface area (Å²) in [6.45, 7) is 5.74. The number of unbranched alkanes of at least 4 members (excludes halogenated alkanes) is 18. The summed E-state index contributed by atoms with van der Waals surface area (Å²) in [6.07, 6.45) is 24.3. The lowest BCUT2D eigenvalue weighted by Crippen LogP contribution is -2.37. The lowest BCUT2D eigenvalue weighted by Gasteiger charge is -2.24. The molecule has 1 atom stereocenters. The fourth-order valence-corrected chi connectivity index (χ4v) is 4.23. The zero-order chi connectivity index (χ0) is 23.5. The van der Waals surface area contributed by atoms with Gasteiger partial charge in [-0.2, -0.15) is 0 Å². The van der Waals surface area contributed by atoms with Crippen molar-refractivity contribution in [3.05, 3.63) is 12.2 Å². The first kappa shape index (κ1) is 28.7. The Morgan fingerprint density at radius 3 is 1.47 bits per heavy atom. The number of esters is 2. The lowest BCUT2D eigenvalue weighted by molar-refractivity contribution is -0.323. The smallest absolute Gasteiger partial charge is 0.373 e. The van der Waals surface area contributed by atoms with E-state index in [4.69, 9.17) is 9.47 Å². The molecule has 0 aliphatic carbocycles. The van der Waals surface area contributed by atoms with Crippen molar-refractivity contribution in [1.29, 1.82) is 0 Å². The zero-order valence-corrected chi connectivity index (χ0v) is 20.6. The Morgan fingerprint density at radius 2 is 1.06 bits per heavy atom. The average Bonchev–Trinajstić information content (AvgIpc) is 2.84. The van der Waals surface area contributed by atoms with E-state index in [1.54, 1.807) is 0 Å². The minimum absolute atomic E-state index is 0.0130. The molecule has 1 saturated heterocycles. The van der Waals surface area contributed by atoms with E-state index < -0.39 is 17.9 Å². The number of rotatable bonds is 20. The highest BCUT2D eigenvalue weighted by Crippen LogP contribution is 2.25. The third-order valence-corrected chi connectivity index (χ3v) is 6.27. The third kappa shape index (κ3) is 14.7. The van der Waals surface area contributed by atoms with Gasteiger partial charge in [0.25, 0.3) is 0 Å². The van der Waals surface area contributed by atoms with Crippen molar-refractivity contribution in [1.82, 2.24) is 0 Å². The number of carbonyl (C=O) groups is 2. The molecule has 0 aromatic heterocycles. The van der Waals surface area contributed by atoms with Crippen molar-refractivity contribution in [3.8, 4) is 0 Å². The molecule has 1 N–H and O–H groups in total. The van der Waals surface area contributed by atoms with E-state index in [0.29, 0.717) is 6.42 Å². The Balaban J connectivity index is 1.85. The summed E-state index contributed by atoms with van der Waals surface area (Å²) in [5, 5.41) is 10.2. The molecule has 0 saturated carbocycles. The molecule has 0 spiro atoms. The summed E-state index contributed by atoms with van der Waals surface area (Å²) in [5.41, 5.74) is 0.0130. The van der Waals surface area contributed by atoms with Crippen LogP contribution in [0.4, 0.5) is 0 Å². The van der Waals surface area contributed by atoms with E-state index in [2.05, 4.69) is 13.5 Å². The summed E-state index contributed by atoms with van der Waals surface area (Å²) in [4.78, 5) is 23.2. The van der Waals surface area contributed by atoms with Crippen molar-refractivity contribution in [2.75, 3.05) is 0 Å². The SMILES string of the molecule is C=C1CC(=O)OC(O)(CCCCCCCCCCCCCCCCCCCCC)OC1=O. The van der Waals surface area contributed by atoms with Crippen LogP contribution >= 0.6 is 0 Å². The molecule has 32 heavy (non-hydrogen) atoms. The van der Waals surface area contributed by atoms with Gasteiger partial charge in [-0.05, 0) is 6.42 Å². The predicted molar refractivity (Wildman–Crippen MR) is 129 cm³/mol. The van der Waals surface area contributed by atoms with Crippen LogP contribution in [0.2, 0.25) is 0 Å². The van der Waals surface area contributed by atoms with Crippen LogP contribution in [0, 0.1) is 0 Å².